The van der Waals surface area contributed by atoms with Gasteiger partial charge in [-0.3, -0.25) is 0 Å². The summed E-state index contributed by atoms with van der Waals surface area (Å²) in [5.74, 6) is 1.19. The molecule has 4 aromatic carbocycles. The van der Waals surface area contributed by atoms with Crippen LogP contribution in [0, 0.1) is 13.1 Å². The lowest BCUT2D eigenvalue weighted by molar-refractivity contribution is 0.244. The van der Waals surface area contributed by atoms with Crippen molar-refractivity contribution >= 4 is 44.3 Å². The first kappa shape index (κ1) is 42.7. The van der Waals surface area contributed by atoms with Crippen LogP contribution in [0.15, 0.2) is 85.2 Å². The highest BCUT2D eigenvalue weighted by Crippen LogP contribution is 2.43. The number of nitrogens with one attached hydrogen (secondary N) is 1. The molecule has 60 heavy (non-hydrogen) atoms. The molecule has 0 saturated carbocycles. The smallest absolute Gasteiger partial charge is 0.274 e. The zero-order valence-electron chi connectivity index (χ0n) is 33.9. The second-order valence-corrected chi connectivity index (χ2v) is 18.7. The zero-order valence-corrected chi connectivity index (χ0v) is 36.4. The number of fused-ring (bicyclic) bond motifs is 2. The Labute approximate surface area is 360 Å². The van der Waals surface area contributed by atoms with Crippen LogP contribution in [0.5, 0.6) is 11.5 Å². The van der Waals surface area contributed by atoms with Crippen molar-refractivity contribution in [2.45, 2.75) is 90.5 Å². The van der Waals surface area contributed by atoms with Gasteiger partial charge in [0, 0.05) is 35.6 Å². The summed E-state index contributed by atoms with van der Waals surface area (Å²) in [7, 11) is -3.79. The molecule has 2 atom stereocenters. The van der Waals surface area contributed by atoms with E-state index in [1.165, 1.54) is 16.7 Å². The van der Waals surface area contributed by atoms with E-state index in [0.29, 0.717) is 29.3 Å². The van der Waals surface area contributed by atoms with E-state index in [1.54, 1.807) is 28.7 Å². The number of hydrogen-bond donors (Lipinski definition) is 3. The summed E-state index contributed by atoms with van der Waals surface area (Å²) >= 11 is 3.20. The number of nitrogens with zero attached hydrogens (tertiary/aromatic N) is 4. The molecule has 0 radical (unpaired) electrons. The molecule has 11 nitrogen and oxygen atoms in total. The van der Waals surface area contributed by atoms with Gasteiger partial charge >= 0.3 is 0 Å². The zero-order chi connectivity index (χ0) is 42.6. The van der Waals surface area contributed by atoms with Gasteiger partial charge in [-0.15, -0.1) is 22.7 Å². The molecule has 0 amide bonds. The molecule has 6 aromatic rings. The van der Waals surface area contributed by atoms with Gasteiger partial charge in [0.05, 0.1) is 35.1 Å². The third kappa shape index (κ3) is 9.77. The molecule has 8 rings (SSSR count). The Kier molecular flexibility index (Phi) is 13.1. The Morgan fingerprint density at radius 3 is 1.70 bits per heavy atom. The van der Waals surface area contributed by atoms with Crippen molar-refractivity contribution < 1.29 is 17.9 Å². The molecular weight excluding hydrogens is 811 g/mol. The normalized spacial score (nSPS) is 15.9. The van der Waals surface area contributed by atoms with Gasteiger partial charge < -0.3 is 15.2 Å². The van der Waals surface area contributed by atoms with E-state index in [-0.39, 0.29) is 24.3 Å². The summed E-state index contributed by atoms with van der Waals surface area (Å²) in [5, 5.41) is 6.95. The van der Waals surface area contributed by atoms with Crippen molar-refractivity contribution in [1.82, 2.24) is 14.7 Å². The molecular formula is C46H47N7O4S3. The van der Waals surface area contributed by atoms with E-state index < -0.39 is 10.2 Å². The van der Waals surface area contributed by atoms with Gasteiger partial charge in [-0.1, -0.05) is 48.5 Å². The summed E-state index contributed by atoms with van der Waals surface area (Å²) in [6.07, 6.45) is 9.49. The van der Waals surface area contributed by atoms with Gasteiger partial charge in [0.1, 0.15) is 21.5 Å². The molecule has 5 N–H and O–H groups in total. The molecule has 0 saturated heterocycles. The molecule has 2 heterocycles. The van der Waals surface area contributed by atoms with Crippen LogP contribution in [0.4, 0.5) is 11.4 Å². The molecule has 0 spiro atoms. The average Bonchev–Trinajstić information content (AvgIpc) is 3.92. The van der Waals surface area contributed by atoms with Crippen LogP contribution >= 0.6 is 22.7 Å². The number of hydrogen-bond acceptors (Lipinski definition) is 9. The summed E-state index contributed by atoms with van der Waals surface area (Å²) in [5.41, 5.74) is 16.1. The van der Waals surface area contributed by atoms with Gasteiger partial charge in [0.2, 0.25) is 11.4 Å². The molecule has 0 bridgehead atoms. The molecule has 0 aliphatic heterocycles. The quantitative estimate of drug-likeness (QED) is 0.116. The van der Waals surface area contributed by atoms with E-state index in [4.69, 9.17) is 33.5 Å². The highest BCUT2D eigenvalue weighted by Gasteiger charge is 2.26. The standard InChI is InChI=1S/C23H24N4O3S2.C23H23N3OS/c1-14(2)30-21-11-10-15(12-20(21)25-3)23-26-13-22(31-23)18-8-4-7-17-16(18)6-5-9-19(17)27-32(24,28)29;1-14(2)27-21-11-10-15(12-20(21)25-3)23-26-13-22(28-23)18-8-4-7-17-16(18)6-5-9-19(17)24/h4,7-8,10-14,19,27H,5-6,9H2,1-2H3,(H2,24,28,29);4,7-8,10-14,19H,5-6,9,24H2,1-2H3/t2*19-/m11/s1. The number of nitrogens with two attached hydrogens (primary N) is 2. The van der Waals surface area contributed by atoms with Crippen LogP contribution in [0.2, 0.25) is 0 Å². The number of thiazole rings is 2. The second kappa shape index (κ2) is 18.4. The van der Waals surface area contributed by atoms with E-state index in [2.05, 4.69) is 42.6 Å². The third-order valence-electron chi connectivity index (χ3n) is 10.3. The van der Waals surface area contributed by atoms with Gasteiger partial charge in [-0.2, -0.15) is 13.1 Å². The first-order valence-corrected chi connectivity index (χ1v) is 23.1. The Bertz CT molecular complexity index is 2710. The van der Waals surface area contributed by atoms with Crippen LogP contribution in [0.25, 0.3) is 51.7 Å². The fourth-order valence-electron chi connectivity index (χ4n) is 7.76. The summed E-state index contributed by atoms with van der Waals surface area (Å²) < 4.78 is 37.2. The van der Waals surface area contributed by atoms with Gasteiger partial charge in [-0.05, 0) is 124 Å². The number of aromatic nitrogens is 2. The van der Waals surface area contributed by atoms with Crippen LogP contribution in [-0.2, 0) is 23.1 Å². The fraction of sp³-hybridized carbons (Fsp3) is 0.304. The van der Waals surface area contributed by atoms with Crippen molar-refractivity contribution in [2.75, 3.05) is 0 Å². The minimum atomic E-state index is -3.79. The first-order chi connectivity index (χ1) is 28.8. The predicted octanol–water partition coefficient (Wildman–Crippen LogP) is 11.1. The van der Waals surface area contributed by atoms with E-state index in [9.17, 15) is 8.42 Å². The Hall–Kier alpha value is -5.45. The molecule has 2 aliphatic carbocycles. The Morgan fingerprint density at radius 1 is 0.733 bits per heavy atom. The van der Waals surface area contributed by atoms with Crippen molar-refractivity contribution in [3.63, 3.8) is 0 Å². The Balaban J connectivity index is 0.000000183. The van der Waals surface area contributed by atoms with Crippen LogP contribution in [0.3, 0.4) is 0 Å². The third-order valence-corrected chi connectivity index (χ3v) is 13.1. The van der Waals surface area contributed by atoms with E-state index in [1.807, 2.05) is 88.6 Å². The summed E-state index contributed by atoms with van der Waals surface area (Å²) in [4.78, 5) is 18.6. The lowest BCUT2D eigenvalue weighted by atomic mass is 9.85. The van der Waals surface area contributed by atoms with Gasteiger partial charge in [0.25, 0.3) is 10.2 Å². The van der Waals surface area contributed by atoms with E-state index in [0.717, 1.165) is 79.7 Å². The summed E-state index contributed by atoms with van der Waals surface area (Å²) in [6, 6.07) is 23.4. The summed E-state index contributed by atoms with van der Waals surface area (Å²) in [6.45, 7) is 22.7. The Morgan fingerprint density at radius 2 is 1.22 bits per heavy atom. The van der Waals surface area contributed by atoms with E-state index >= 15 is 0 Å². The maximum Gasteiger partial charge on any atom is 0.274 e. The highest BCUT2D eigenvalue weighted by molar-refractivity contribution is 7.87. The van der Waals surface area contributed by atoms with Gasteiger partial charge in [0.15, 0.2) is 0 Å². The number of ether oxygens (including phenoxy) is 2. The van der Waals surface area contributed by atoms with Crippen molar-refractivity contribution in [3.8, 4) is 53.5 Å². The molecule has 0 unspecified atom stereocenters. The van der Waals surface area contributed by atoms with Crippen molar-refractivity contribution in [2.24, 2.45) is 10.9 Å². The van der Waals surface area contributed by atoms with Crippen molar-refractivity contribution in [3.05, 3.63) is 130 Å². The van der Waals surface area contributed by atoms with Crippen molar-refractivity contribution in [1.29, 1.82) is 0 Å². The fourth-order valence-corrected chi connectivity index (χ4v) is 10.3. The molecule has 14 heteroatoms. The topological polar surface area (TPSA) is 151 Å². The molecule has 2 aliphatic rings. The highest BCUT2D eigenvalue weighted by atomic mass is 32.2. The minimum absolute atomic E-state index is 0.00959. The maximum absolute atomic E-state index is 11.6. The monoisotopic (exact) mass is 857 g/mol. The minimum Gasteiger partial charge on any atom is -0.502 e. The largest absolute Gasteiger partial charge is 0.502 e. The molecule has 2 aromatic heterocycles. The van der Waals surface area contributed by atoms with Crippen LogP contribution in [-0.4, -0.2) is 30.6 Å². The number of benzene rings is 4. The van der Waals surface area contributed by atoms with Gasteiger partial charge in [-0.25, -0.2) is 24.8 Å². The average molecular weight is 858 g/mol. The molecule has 308 valence electrons. The molecule has 0 fully saturated rings. The first-order valence-electron chi connectivity index (χ1n) is 19.9. The maximum atomic E-state index is 11.6. The predicted molar refractivity (Wildman–Crippen MR) is 242 cm³/mol. The lowest BCUT2D eigenvalue weighted by Gasteiger charge is -2.27. The van der Waals surface area contributed by atoms with Crippen LogP contribution < -0.4 is 25.1 Å². The van der Waals surface area contributed by atoms with Crippen LogP contribution in [0.1, 0.15) is 87.7 Å². The number of rotatable bonds is 10. The second-order valence-electron chi connectivity index (χ2n) is 15.3. The SMILES string of the molecule is [C-]#[N+]c1cc(-c2ncc(-c3cccc4c3CCC[C@H]4N)s2)ccc1OC(C)C.[C-]#[N+]c1cc(-c2ncc(-c3cccc4c3CCC[C@H]4NS(N)(=O)=O)s2)ccc1OC(C)C. The lowest BCUT2D eigenvalue weighted by Crippen LogP contribution is -2.35.